The molecule has 2 rings (SSSR count). The van der Waals surface area contributed by atoms with Crippen molar-refractivity contribution >= 4 is 27.3 Å². The van der Waals surface area contributed by atoms with Gasteiger partial charge < -0.3 is 5.32 Å². The van der Waals surface area contributed by atoms with E-state index in [1.165, 1.54) is 12.1 Å². The Morgan fingerprint density at radius 3 is 2.60 bits per heavy atom. The molecule has 0 aliphatic rings. The van der Waals surface area contributed by atoms with Gasteiger partial charge in [-0.3, -0.25) is 10.1 Å². The maximum absolute atomic E-state index is 13.7. The smallest absolute Gasteiger partial charge is 0.283 e. The minimum atomic E-state index is -0.464. The van der Waals surface area contributed by atoms with Crippen LogP contribution < -0.4 is 5.32 Å². The molecule has 104 valence electrons. The molecule has 0 aliphatic carbocycles. The van der Waals surface area contributed by atoms with E-state index in [0.717, 1.165) is 0 Å². The number of hydrogen-bond acceptors (Lipinski definition) is 3. The summed E-state index contributed by atoms with van der Waals surface area (Å²) < 4.78 is 14.0. The molecule has 4 nitrogen and oxygen atoms in total. The molecule has 0 amide bonds. The van der Waals surface area contributed by atoms with Gasteiger partial charge in [0.15, 0.2) is 0 Å². The molecule has 0 bridgehead atoms. The molecule has 0 saturated carbocycles. The second-order valence-corrected chi connectivity index (χ2v) is 5.17. The summed E-state index contributed by atoms with van der Waals surface area (Å²) in [6.07, 6.45) is 0. The van der Waals surface area contributed by atoms with Crippen LogP contribution in [0.15, 0.2) is 46.9 Å². The van der Waals surface area contributed by atoms with Gasteiger partial charge in [-0.05, 0) is 41.1 Å². The maximum atomic E-state index is 13.7. The fraction of sp³-hybridized carbons (Fsp3) is 0.143. The van der Waals surface area contributed by atoms with E-state index in [-0.39, 0.29) is 17.5 Å². The van der Waals surface area contributed by atoms with Gasteiger partial charge in [-0.1, -0.05) is 18.2 Å². The number of halogens is 2. The molecule has 2 aromatic carbocycles. The van der Waals surface area contributed by atoms with E-state index in [1.54, 1.807) is 30.3 Å². The summed E-state index contributed by atoms with van der Waals surface area (Å²) >= 11 is 3.15. The summed E-state index contributed by atoms with van der Waals surface area (Å²) in [5.41, 5.74) is 1.22. The van der Waals surface area contributed by atoms with E-state index < -0.39 is 4.92 Å². The Kier molecular flexibility index (Phi) is 4.34. The highest BCUT2D eigenvalue weighted by Crippen LogP contribution is 2.29. The Bertz CT molecular complexity index is 649. The van der Waals surface area contributed by atoms with Crippen molar-refractivity contribution in [3.05, 3.63) is 68.4 Å². The van der Waals surface area contributed by atoms with Crippen LogP contribution in [0.3, 0.4) is 0 Å². The fourth-order valence-electron chi connectivity index (χ4n) is 1.90. The number of nitro groups is 1. The lowest BCUT2D eigenvalue weighted by Crippen LogP contribution is -2.08. The second-order valence-electron chi connectivity index (χ2n) is 4.31. The van der Waals surface area contributed by atoms with E-state index in [9.17, 15) is 14.5 Å². The van der Waals surface area contributed by atoms with Crippen LogP contribution in [0.4, 0.5) is 15.8 Å². The molecule has 6 heteroatoms. The third-order valence-corrected chi connectivity index (χ3v) is 3.53. The highest BCUT2D eigenvalue weighted by molar-refractivity contribution is 9.10. The van der Waals surface area contributed by atoms with Gasteiger partial charge in [0.1, 0.15) is 5.82 Å². The van der Waals surface area contributed by atoms with E-state index in [2.05, 4.69) is 21.2 Å². The first-order valence-electron chi connectivity index (χ1n) is 5.94. The lowest BCUT2D eigenvalue weighted by atomic mass is 10.1. The first-order valence-corrected chi connectivity index (χ1v) is 6.73. The third-order valence-electron chi connectivity index (χ3n) is 2.90. The predicted octanol–water partition coefficient (Wildman–Crippen LogP) is 4.67. The molecule has 1 N–H and O–H groups in total. The Balaban J connectivity index is 2.20. The predicted molar refractivity (Wildman–Crippen MR) is 79.2 cm³/mol. The van der Waals surface area contributed by atoms with Crippen molar-refractivity contribution in [2.45, 2.75) is 13.0 Å². The van der Waals surface area contributed by atoms with E-state index in [0.29, 0.717) is 15.7 Å². The summed E-state index contributed by atoms with van der Waals surface area (Å²) in [6, 6.07) is 10.9. The number of nitro benzene ring substituents is 1. The summed E-state index contributed by atoms with van der Waals surface area (Å²) in [5, 5.41) is 13.8. The molecule has 2 aromatic rings. The van der Waals surface area contributed by atoms with Crippen molar-refractivity contribution in [3.8, 4) is 0 Å². The summed E-state index contributed by atoms with van der Waals surface area (Å²) in [6.45, 7) is 1.83. The second kappa shape index (κ2) is 6.00. The van der Waals surface area contributed by atoms with Gasteiger partial charge >= 0.3 is 0 Å². The van der Waals surface area contributed by atoms with Crippen molar-refractivity contribution < 1.29 is 9.31 Å². The number of nitrogens with zero attached hydrogens (tertiary/aromatic N) is 1. The minimum absolute atomic E-state index is 0.00547. The number of hydrogen-bond donors (Lipinski definition) is 1. The van der Waals surface area contributed by atoms with Gasteiger partial charge in [-0.25, -0.2) is 4.39 Å². The standard InChI is InChI=1S/C14H12BrFN2O2/c1-9(11-4-2-3-5-13(11)16)17-10-6-7-14(18(19)20)12(15)8-10/h2-9,17H,1H3. The molecule has 0 spiro atoms. The molecule has 1 unspecified atom stereocenters. The summed E-state index contributed by atoms with van der Waals surface area (Å²) in [7, 11) is 0. The molecule has 0 saturated heterocycles. The monoisotopic (exact) mass is 338 g/mol. The van der Waals surface area contributed by atoms with Crippen LogP contribution in [0.5, 0.6) is 0 Å². The van der Waals surface area contributed by atoms with Crippen LogP contribution in [0, 0.1) is 15.9 Å². The number of rotatable bonds is 4. The fourth-order valence-corrected chi connectivity index (χ4v) is 2.42. The topological polar surface area (TPSA) is 55.2 Å². The highest BCUT2D eigenvalue weighted by atomic mass is 79.9. The van der Waals surface area contributed by atoms with E-state index >= 15 is 0 Å². The lowest BCUT2D eigenvalue weighted by Gasteiger charge is -2.16. The van der Waals surface area contributed by atoms with Crippen LogP contribution in [-0.2, 0) is 0 Å². The zero-order valence-electron chi connectivity index (χ0n) is 10.6. The Labute approximate surface area is 123 Å². The zero-order chi connectivity index (χ0) is 14.7. The Morgan fingerprint density at radius 1 is 1.30 bits per heavy atom. The SMILES string of the molecule is CC(Nc1ccc([N+](=O)[O-])c(Br)c1)c1ccccc1F. The molecule has 0 aromatic heterocycles. The minimum Gasteiger partial charge on any atom is -0.378 e. The van der Waals surface area contributed by atoms with E-state index in [1.807, 2.05) is 6.92 Å². The molecule has 0 heterocycles. The summed E-state index contributed by atoms with van der Waals surface area (Å²) in [5.74, 6) is -0.284. The van der Waals surface area contributed by atoms with Crippen molar-refractivity contribution in [1.29, 1.82) is 0 Å². The van der Waals surface area contributed by atoms with Crippen molar-refractivity contribution in [3.63, 3.8) is 0 Å². The van der Waals surface area contributed by atoms with Gasteiger partial charge in [0.2, 0.25) is 0 Å². The normalized spacial score (nSPS) is 11.9. The molecule has 0 aliphatic heterocycles. The number of anilines is 1. The molecule has 20 heavy (non-hydrogen) atoms. The van der Waals surface area contributed by atoms with Crippen LogP contribution >= 0.6 is 15.9 Å². The Hall–Kier alpha value is -1.95. The highest BCUT2D eigenvalue weighted by Gasteiger charge is 2.14. The zero-order valence-corrected chi connectivity index (χ0v) is 12.2. The van der Waals surface area contributed by atoms with Crippen LogP contribution in [0.1, 0.15) is 18.5 Å². The lowest BCUT2D eigenvalue weighted by molar-refractivity contribution is -0.385. The van der Waals surface area contributed by atoms with Gasteiger partial charge in [0, 0.05) is 17.3 Å². The largest absolute Gasteiger partial charge is 0.378 e. The number of benzene rings is 2. The molecule has 0 radical (unpaired) electrons. The molecule has 1 atom stereocenters. The molecule has 0 fully saturated rings. The van der Waals surface area contributed by atoms with Crippen LogP contribution in [0.25, 0.3) is 0 Å². The van der Waals surface area contributed by atoms with E-state index in [4.69, 9.17) is 0 Å². The molecular formula is C14H12BrFN2O2. The molecular weight excluding hydrogens is 327 g/mol. The van der Waals surface area contributed by atoms with Gasteiger partial charge in [-0.2, -0.15) is 0 Å². The van der Waals surface area contributed by atoms with Crippen molar-refractivity contribution in [1.82, 2.24) is 0 Å². The first kappa shape index (κ1) is 14.5. The van der Waals surface area contributed by atoms with Crippen molar-refractivity contribution in [2.24, 2.45) is 0 Å². The number of nitrogens with one attached hydrogen (secondary N) is 1. The van der Waals surface area contributed by atoms with Gasteiger partial charge in [0.05, 0.1) is 15.4 Å². The van der Waals surface area contributed by atoms with Gasteiger partial charge in [0.25, 0.3) is 5.69 Å². The quantitative estimate of drug-likeness (QED) is 0.651. The maximum Gasteiger partial charge on any atom is 0.283 e. The average molecular weight is 339 g/mol. The van der Waals surface area contributed by atoms with Crippen LogP contribution in [0.2, 0.25) is 0 Å². The van der Waals surface area contributed by atoms with Crippen molar-refractivity contribution in [2.75, 3.05) is 5.32 Å². The summed E-state index contributed by atoms with van der Waals surface area (Å²) in [4.78, 5) is 10.3. The average Bonchev–Trinajstić information content (AvgIpc) is 2.38. The van der Waals surface area contributed by atoms with Crippen LogP contribution in [-0.4, -0.2) is 4.92 Å². The Morgan fingerprint density at radius 2 is 2.00 bits per heavy atom. The third kappa shape index (κ3) is 3.14. The first-order chi connectivity index (χ1) is 9.49. The van der Waals surface area contributed by atoms with Gasteiger partial charge in [-0.15, -0.1) is 0 Å².